The lowest BCUT2D eigenvalue weighted by Gasteiger charge is -2.24. The van der Waals surface area contributed by atoms with E-state index in [-0.39, 0.29) is 11.8 Å². The van der Waals surface area contributed by atoms with Crippen molar-refractivity contribution in [2.75, 3.05) is 6.61 Å². The summed E-state index contributed by atoms with van der Waals surface area (Å²) in [5, 5.41) is 0. The van der Waals surface area contributed by atoms with Crippen LogP contribution in [0.5, 0.6) is 5.75 Å². The molecule has 1 unspecified atom stereocenters. The molecule has 0 saturated heterocycles. The van der Waals surface area contributed by atoms with Crippen molar-refractivity contribution in [3.63, 3.8) is 0 Å². The molecule has 0 bridgehead atoms. The summed E-state index contributed by atoms with van der Waals surface area (Å²) in [6, 6.07) is 7.83. The Morgan fingerprint density at radius 1 is 1.50 bits per heavy atom. The first-order valence-electron chi connectivity index (χ1n) is 4.77. The molecular formula is C11H13NO2. The van der Waals surface area contributed by atoms with Gasteiger partial charge in [0.1, 0.15) is 5.75 Å². The van der Waals surface area contributed by atoms with E-state index in [0.29, 0.717) is 13.0 Å². The van der Waals surface area contributed by atoms with Gasteiger partial charge in [0.2, 0.25) is 5.91 Å². The summed E-state index contributed by atoms with van der Waals surface area (Å²) < 4.78 is 5.48. The van der Waals surface area contributed by atoms with Crippen molar-refractivity contribution in [3.8, 4) is 5.75 Å². The molecule has 0 fully saturated rings. The van der Waals surface area contributed by atoms with E-state index in [1.165, 1.54) is 0 Å². The molecule has 0 aromatic heterocycles. The lowest BCUT2D eigenvalue weighted by Crippen LogP contribution is -2.20. The second-order valence-corrected chi connectivity index (χ2v) is 3.54. The van der Waals surface area contributed by atoms with Gasteiger partial charge in [0.25, 0.3) is 0 Å². The van der Waals surface area contributed by atoms with Gasteiger partial charge in [-0.1, -0.05) is 18.2 Å². The number of primary amides is 1. The summed E-state index contributed by atoms with van der Waals surface area (Å²) in [5.74, 6) is 0.883. The molecule has 1 aliphatic rings. The molecule has 74 valence electrons. The summed E-state index contributed by atoms with van der Waals surface area (Å²) >= 11 is 0. The molecule has 2 rings (SSSR count). The largest absolute Gasteiger partial charge is 0.493 e. The van der Waals surface area contributed by atoms with Gasteiger partial charge >= 0.3 is 0 Å². The Morgan fingerprint density at radius 3 is 3.07 bits per heavy atom. The van der Waals surface area contributed by atoms with Gasteiger partial charge in [0.15, 0.2) is 0 Å². The zero-order valence-electron chi connectivity index (χ0n) is 7.90. The van der Waals surface area contributed by atoms with Crippen LogP contribution in [-0.2, 0) is 4.79 Å². The molecule has 0 spiro atoms. The zero-order chi connectivity index (χ0) is 9.97. The molecule has 3 nitrogen and oxygen atoms in total. The van der Waals surface area contributed by atoms with Gasteiger partial charge in [0.05, 0.1) is 6.61 Å². The maximum atomic E-state index is 10.9. The zero-order valence-corrected chi connectivity index (χ0v) is 7.90. The fourth-order valence-corrected chi connectivity index (χ4v) is 1.87. The second-order valence-electron chi connectivity index (χ2n) is 3.54. The molecule has 2 N–H and O–H groups in total. The number of nitrogens with two attached hydrogens (primary N) is 1. The van der Waals surface area contributed by atoms with Gasteiger partial charge in [0, 0.05) is 6.42 Å². The van der Waals surface area contributed by atoms with Crippen LogP contribution in [0, 0.1) is 0 Å². The van der Waals surface area contributed by atoms with Crippen LogP contribution in [0.1, 0.15) is 24.3 Å². The third-order valence-corrected chi connectivity index (χ3v) is 2.53. The van der Waals surface area contributed by atoms with E-state index in [2.05, 4.69) is 0 Å². The van der Waals surface area contributed by atoms with Gasteiger partial charge in [-0.05, 0) is 24.0 Å². The normalized spacial score (nSPS) is 19.6. The first-order chi connectivity index (χ1) is 6.77. The molecule has 1 amide bonds. The summed E-state index contributed by atoms with van der Waals surface area (Å²) in [7, 11) is 0. The number of para-hydroxylation sites is 1. The third kappa shape index (κ3) is 1.71. The van der Waals surface area contributed by atoms with E-state index in [9.17, 15) is 4.79 Å². The molecule has 1 aromatic rings. The molecule has 3 heteroatoms. The van der Waals surface area contributed by atoms with Gasteiger partial charge in [-0.15, -0.1) is 0 Å². The average molecular weight is 191 g/mol. The number of amides is 1. The minimum Gasteiger partial charge on any atom is -0.493 e. The Morgan fingerprint density at radius 2 is 2.29 bits per heavy atom. The number of ether oxygens (including phenoxy) is 1. The van der Waals surface area contributed by atoms with E-state index < -0.39 is 0 Å². The van der Waals surface area contributed by atoms with E-state index in [1.807, 2.05) is 24.3 Å². The monoisotopic (exact) mass is 191 g/mol. The van der Waals surface area contributed by atoms with Crippen molar-refractivity contribution < 1.29 is 9.53 Å². The van der Waals surface area contributed by atoms with E-state index in [1.54, 1.807) is 0 Å². The van der Waals surface area contributed by atoms with Crippen LogP contribution in [0.15, 0.2) is 24.3 Å². The predicted octanol–water partition coefficient (Wildman–Crippen LogP) is 1.43. The number of fused-ring (bicyclic) bond motifs is 1. The van der Waals surface area contributed by atoms with Crippen LogP contribution in [0.25, 0.3) is 0 Å². The van der Waals surface area contributed by atoms with Crippen LogP contribution in [0.3, 0.4) is 0 Å². The molecule has 1 aliphatic heterocycles. The Kier molecular flexibility index (Phi) is 2.39. The highest BCUT2D eigenvalue weighted by Gasteiger charge is 2.22. The number of carbonyl (C=O) groups is 1. The number of hydrogen-bond donors (Lipinski definition) is 1. The van der Waals surface area contributed by atoms with Gasteiger partial charge in [-0.3, -0.25) is 4.79 Å². The SMILES string of the molecule is NC(=O)CC1CCOc2ccccc21. The number of hydrogen-bond acceptors (Lipinski definition) is 2. The maximum Gasteiger partial charge on any atom is 0.218 e. The Bertz CT molecular complexity index is 349. The lowest BCUT2D eigenvalue weighted by molar-refractivity contribution is -0.118. The molecule has 1 atom stereocenters. The molecule has 1 aromatic carbocycles. The predicted molar refractivity (Wildman–Crippen MR) is 53.1 cm³/mol. The van der Waals surface area contributed by atoms with E-state index in [4.69, 9.17) is 10.5 Å². The molecule has 0 saturated carbocycles. The van der Waals surface area contributed by atoms with Crippen molar-refractivity contribution in [1.29, 1.82) is 0 Å². The van der Waals surface area contributed by atoms with Crippen molar-refractivity contribution >= 4 is 5.91 Å². The third-order valence-electron chi connectivity index (χ3n) is 2.53. The molecule has 14 heavy (non-hydrogen) atoms. The summed E-state index contributed by atoms with van der Waals surface area (Å²) in [5.41, 5.74) is 6.31. The quantitative estimate of drug-likeness (QED) is 0.768. The smallest absolute Gasteiger partial charge is 0.218 e. The molecule has 0 aliphatic carbocycles. The van der Waals surface area contributed by atoms with Crippen molar-refractivity contribution in [3.05, 3.63) is 29.8 Å². The summed E-state index contributed by atoms with van der Waals surface area (Å²) in [4.78, 5) is 10.9. The summed E-state index contributed by atoms with van der Waals surface area (Å²) in [6.45, 7) is 0.676. The average Bonchev–Trinajstić information content (AvgIpc) is 2.18. The van der Waals surface area contributed by atoms with Crippen LogP contribution >= 0.6 is 0 Å². The van der Waals surface area contributed by atoms with Gasteiger partial charge in [-0.2, -0.15) is 0 Å². The minimum absolute atomic E-state index is 0.234. The van der Waals surface area contributed by atoms with Crippen molar-refractivity contribution in [1.82, 2.24) is 0 Å². The van der Waals surface area contributed by atoms with Crippen molar-refractivity contribution in [2.45, 2.75) is 18.8 Å². The van der Waals surface area contributed by atoms with Crippen LogP contribution in [-0.4, -0.2) is 12.5 Å². The van der Waals surface area contributed by atoms with Crippen LogP contribution in [0.2, 0.25) is 0 Å². The van der Waals surface area contributed by atoms with E-state index in [0.717, 1.165) is 17.7 Å². The van der Waals surface area contributed by atoms with Crippen molar-refractivity contribution in [2.24, 2.45) is 5.73 Å². The fourth-order valence-electron chi connectivity index (χ4n) is 1.87. The number of rotatable bonds is 2. The standard InChI is InChI=1S/C11H13NO2/c12-11(13)7-8-5-6-14-10-4-2-1-3-9(8)10/h1-4,8H,5-7H2,(H2,12,13). The topological polar surface area (TPSA) is 52.3 Å². The molecular weight excluding hydrogens is 178 g/mol. The minimum atomic E-state index is -0.244. The summed E-state index contributed by atoms with van der Waals surface area (Å²) in [6.07, 6.45) is 1.29. The second kappa shape index (κ2) is 3.70. The Balaban J connectivity index is 2.26. The van der Waals surface area contributed by atoms with E-state index >= 15 is 0 Å². The van der Waals surface area contributed by atoms with Gasteiger partial charge in [-0.25, -0.2) is 0 Å². The fraction of sp³-hybridized carbons (Fsp3) is 0.364. The van der Waals surface area contributed by atoms with Gasteiger partial charge < -0.3 is 10.5 Å². The highest BCUT2D eigenvalue weighted by Crippen LogP contribution is 2.34. The lowest BCUT2D eigenvalue weighted by atomic mass is 9.90. The Hall–Kier alpha value is -1.51. The number of benzene rings is 1. The molecule has 1 heterocycles. The first-order valence-corrected chi connectivity index (χ1v) is 4.77. The first kappa shape index (κ1) is 9.06. The highest BCUT2D eigenvalue weighted by molar-refractivity contribution is 5.75. The maximum absolute atomic E-state index is 10.9. The number of carbonyl (C=O) groups excluding carboxylic acids is 1. The highest BCUT2D eigenvalue weighted by atomic mass is 16.5. The Labute approximate surface area is 82.9 Å². The van der Waals surface area contributed by atoms with Crippen LogP contribution < -0.4 is 10.5 Å². The molecule has 0 radical (unpaired) electrons. The van der Waals surface area contributed by atoms with Crippen LogP contribution in [0.4, 0.5) is 0 Å².